The van der Waals surface area contributed by atoms with E-state index in [0.717, 1.165) is 38.5 Å². The van der Waals surface area contributed by atoms with Gasteiger partial charge in [-0.15, -0.1) is 0 Å². The van der Waals surface area contributed by atoms with Crippen LogP contribution < -0.4 is 5.32 Å². The first-order valence-electron chi connectivity index (χ1n) is 21.7. The topological polar surface area (TPSA) is 164 Å². The number of hydrogen-bond donors (Lipinski definition) is 7. The predicted molar refractivity (Wildman–Crippen MR) is 205 cm³/mol. The van der Waals surface area contributed by atoms with Crippen LogP contribution in [0.4, 0.5) is 0 Å². The van der Waals surface area contributed by atoms with Crippen LogP contribution in [0.2, 0.25) is 0 Å². The quantitative estimate of drug-likeness (QED) is 0.0467. The van der Waals surface area contributed by atoms with Crippen LogP contribution in [0.15, 0.2) is 0 Å². The second-order valence-electron chi connectivity index (χ2n) is 16.4. The van der Waals surface area contributed by atoms with E-state index in [1.807, 2.05) is 0 Å². The number of nitrogens with one attached hydrogen (secondary N) is 1. The maximum atomic E-state index is 11.4. The molecule has 3 saturated heterocycles. The van der Waals surface area contributed by atoms with Gasteiger partial charge in [0, 0.05) is 0 Å². The summed E-state index contributed by atoms with van der Waals surface area (Å²) >= 11 is 0. The van der Waals surface area contributed by atoms with Gasteiger partial charge in [-0.25, -0.2) is 0 Å². The Morgan fingerprint density at radius 3 is 1.79 bits per heavy atom. The van der Waals surface area contributed by atoms with Gasteiger partial charge in [0.05, 0.1) is 50.2 Å². The molecule has 7 N–H and O–H groups in total. The molecule has 0 aliphatic carbocycles. The molecule has 11 nitrogen and oxygen atoms in total. The minimum atomic E-state index is -1.55. The largest absolute Gasteiger partial charge is 0.394 e. The molecule has 0 aromatic heterocycles. The average molecular weight is 745 g/mol. The zero-order valence-corrected chi connectivity index (χ0v) is 32.9. The number of unbranched alkanes of at least 4 members (excludes halogenated alkanes) is 18. The number of likely N-dealkylation sites (tertiary alicyclic amines) is 1. The zero-order valence-electron chi connectivity index (χ0n) is 32.9. The molecule has 5 unspecified atom stereocenters. The molecule has 3 fully saturated rings. The summed E-state index contributed by atoms with van der Waals surface area (Å²) in [5.41, 5.74) is -0.352. The Labute approximate surface area is 316 Å². The van der Waals surface area contributed by atoms with Crippen molar-refractivity contribution < 1.29 is 44.8 Å². The van der Waals surface area contributed by atoms with Crippen molar-refractivity contribution >= 4 is 0 Å². The molecule has 0 saturated carbocycles. The Kier molecular flexibility index (Phi) is 24.0. The van der Waals surface area contributed by atoms with E-state index in [4.69, 9.17) is 14.2 Å². The van der Waals surface area contributed by atoms with Crippen LogP contribution in [0.25, 0.3) is 0 Å². The van der Waals surface area contributed by atoms with Gasteiger partial charge in [-0.05, 0) is 51.7 Å². The number of aliphatic hydroxyl groups excluding tert-OH is 6. The number of nitrogens with zero attached hydrogens (tertiary/aromatic N) is 1. The molecule has 3 aliphatic heterocycles. The van der Waals surface area contributed by atoms with Gasteiger partial charge in [-0.2, -0.15) is 0 Å². The fourth-order valence-electron chi connectivity index (χ4n) is 8.17. The third kappa shape index (κ3) is 17.1. The third-order valence-corrected chi connectivity index (χ3v) is 11.8. The number of rotatable bonds is 32. The lowest BCUT2D eigenvalue weighted by molar-refractivity contribution is -0.303. The summed E-state index contributed by atoms with van der Waals surface area (Å²) in [5.74, 6) is 0. The van der Waals surface area contributed by atoms with Gasteiger partial charge in [0.25, 0.3) is 0 Å². The third-order valence-electron chi connectivity index (χ3n) is 11.8. The summed E-state index contributed by atoms with van der Waals surface area (Å²) in [4.78, 5) is 2.60. The van der Waals surface area contributed by atoms with Crippen molar-refractivity contribution in [2.75, 3.05) is 46.1 Å². The molecule has 52 heavy (non-hydrogen) atoms. The van der Waals surface area contributed by atoms with E-state index in [9.17, 15) is 30.6 Å². The minimum Gasteiger partial charge on any atom is -0.394 e. The molecule has 0 spiro atoms. The van der Waals surface area contributed by atoms with Crippen molar-refractivity contribution in [3.05, 3.63) is 0 Å². The maximum Gasteiger partial charge on any atom is 0.186 e. The first kappa shape index (κ1) is 45.9. The first-order chi connectivity index (χ1) is 25.3. The van der Waals surface area contributed by atoms with Gasteiger partial charge in [0.15, 0.2) is 6.29 Å². The molecule has 308 valence electrons. The summed E-state index contributed by atoms with van der Waals surface area (Å²) < 4.78 is 17.1. The molecule has 0 bridgehead atoms. The zero-order chi connectivity index (χ0) is 37.4. The lowest BCUT2D eigenvalue weighted by atomic mass is 9.87. The van der Waals surface area contributed by atoms with Gasteiger partial charge in [-0.3, -0.25) is 5.32 Å². The molecular weight excluding hydrogens is 664 g/mol. The Morgan fingerprint density at radius 2 is 1.25 bits per heavy atom. The summed E-state index contributed by atoms with van der Waals surface area (Å²) in [5, 5.41) is 66.8. The van der Waals surface area contributed by atoms with Crippen molar-refractivity contribution in [2.45, 2.75) is 216 Å². The Balaban J connectivity index is 1.41. The summed E-state index contributed by atoms with van der Waals surface area (Å²) in [6.07, 6.45) is 19.5. The lowest BCUT2D eigenvalue weighted by Gasteiger charge is -2.46. The van der Waals surface area contributed by atoms with E-state index in [0.29, 0.717) is 19.6 Å². The van der Waals surface area contributed by atoms with Crippen LogP contribution >= 0.6 is 0 Å². The van der Waals surface area contributed by atoms with Crippen LogP contribution in [-0.4, -0.2) is 136 Å². The van der Waals surface area contributed by atoms with Crippen molar-refractivity contribution in [2.24, 2.45) is 0 Å². The molecule has 3 rings (SSSR count). The van der Waals surface area contributed by atoms with Gasteiger partial charge < -0.3 is 49.7 Å². The van der Waals surface area contributed by atoms with Gasteiger partial charge in [0.2, 0.25) is 0 Å². The second-order valence-corrected chi connectivity index (χ2v) is 16.4. The standard InChI is InChI=1S/C41H80N2O9/c1-2-3-4-5-6-7-8-9-10-13-16-19-24-34(45)36(46)33(30-51-40-39(49)38(48)37(47)35(29-44)52-40)42-41(31-50-32-41)25-20-17-14-11-12-15-18-21-26-43-27-22-23-28-43/h33-40,42,44-49H,2-32H2,1H3/t33-,34+,35?,36-,37?,38?,39?,40?/m0/s1. The smallest absolute Gasteiger partial charge is 0.186 e. The summed E-state index contributed by atoms with van der Waals surface area (Å²) in [6, 6.07) is -0.691. The molecule has 3 aliphatic rings. The second kappa shape index (κ2) is 27.2. The average Bonchev–Trinajstić information content (AvgIpc) is 3.66. The van der Waals surface area contributed by atoms with E-state index >= 15 is 0 Å². The summed E-state index contributed by atoms with van der Waals surface area (Å²) in [7, 11) is 0. The Bertz CT molecular complexity index is 860. The monoisotopic (exact) mass is 745 g/mol. The molecule has 0 aromatic carbocycles. The Morgan fingerprint density at radius 1 is 0.712 bits per heavy atom. The highest BCUT2D eigenvalue weighted by Crippen LogP contribution is 2.28. The van der Waals surface area contributed by atoms with Gasteiger partial charge in [0.1, 0.15) is 24.4 Å². The van der Waals surface area contributed by atoms with Crippen LogP contribution in [-0.2, 0) is 14.2 Å². The van der Waals surface area contributed by atoms with Crippen LogP contribution in [0, 0.1) is 0 Å². The first-order valence-corrected chi connectivity index (χ1v) is 21.7. The highest BCUT2D eigenvalue weighted by atomic mass is 16.7. The molecular formula is C41H80N2O9. The van der Waals surface area contributed by atoms with Crippen molar-refractivity contribution in [1.29, 1.82) is 0 Å². The molecule has 0 amide bonds. The van der Waals surface area contributed by atoms with Gasteiger partial charge >= 0.3 is 0 Å². The molecule has 0 radical (unpaired) electrons. The fourth-order valence-corrected chi connectivity index (χ4v) is 8.17. The van der Waals surface area contributed by atoms with E-state index in [1.165, 1.54) is 129 Å². The van der Waals surface area contributed by atoms with Crippen molar-refractivity contribution in [3.8, 4) is 0 Å². The predicted octanol–water partition coefficient (Wildman–Crippen LogP) is 4.95. The van der Waals surface area contributed by atoms with E-state index in [-0.39, 0.29) is 12.1 Å². The van der Waals surface area contributed by atoms with E-state index in [2.05, 4.69) is 17.1 Å². The number of hydrogen-bond acceptors (Lipinski definition) is 11. The van der Waals surface area contributed by atoms with Gasteiger partial charge in [-0.1, -0.05) is 129 Å². The van der Waals surface area contributed by atoms with Crippen LogP contribution in [0.3, 0.4) is 0 Å². The highest BCUT2D eigenvalue weighted by Gasteiger charge is 2.46. The SMILES string of the molecule is CCCCCCCCCCCCCC[C@@H](O)[C@@H](O)[C@H](COC1OC(CO)C(O)C(O)C1O)NC1(CCCCCCCCCCN2CCCC2)COC1. The Hall–Kier alpha value is -0.440. The van der Waals surface area contributed by atoms with Crippen LogP contribution in [0.5, 0.6) is 0 Å². The maximum absolute atomic E-state index is 11.4. The molecule has 0 aromatic rings. The summed E-state index contributed by atoms with van der Waals surface area (Å²) in [6.45, 7) is 6.42. The van der Waals surface area contributed by atoms with Crippen molar-refractivity contribution in [1.82, 2.24) is 10.2 Å². The highest BCUT2D eigenvalue weighted by molar-refractivity contribution is 4.99. The molecule has 11 heteroatoms. The number of ether oxygens (including phenoxy) is 3. The van der Waals surface area contributed by atoms with E-state index < -0.39 is 55.6 Å². The normalized spacial score (nSPS) is 26.7. The minimum absolute atomic E-state index is 0.112. The molecule has 8 atom stereocenters. The van der Waals surface area contributed by atoms with Crippen LogP contribution in [0.1, 0.15) is 161 Å². The fraction of sp³-hybridized carbons (Fsp3) is 1.00. The lowest BCUT2D eigenvalue weighted by Crippen LogP contribution is -2.67. The van der Waals surface area contributed by atoms with E-state index in [1.54, 1.807) is 0 Å². The number of aliphatic hydroxyl groups is 6. The van der Waals surface area contributed by atoms with Crippen molar-refractivity contribution in [3.63, 3.8) is 0 Å². The molecule has 3 heterocycles.